The van der Waals surface area contributed by atoms with Crippen molar-refractivity contribution < 1.29 is 14.3 Å². The molecule has 1 saturated heterocycles. The Labute approximate surface area is 166 Å². The molecule has 2 aromatic rings. The number of aryl methyl sites for hydroxylation is 1. The van der Waals surface area contributed by atoms with Crippen molar-refractivity contribution in [2.75, 3.05) is 39.4 Å². The Hall–Kier alpha value is -2.47. The van der Waals surface area contributed by atoms with Gasteiger partial charge in [0.25, 0.3) is 5.91 Å². The second kappa shape index (κ2) is 7.51. The largest absolute Gasteiger partial charge is 0.486 e. The van der Waals surface area contributed by atoms with Crippen LogP contribution in [-0.2, 0) is 0 Å². The van der Waals surface area contributed by atoms with Gasteiger partial charge in [-0.25, -0.2) is 0 Å². The molecule has 4 rings (SSSR count). The molecule has 0 atom stereocenters. The minimum absolute atomic E-state index is 0.125. The van der Waals surface area contributed by atoms with Gasteiger partial charge in [0.05, 0.1) is 5.56 Å². The molecule has 3 heterocycles. The zero-order valence-corrected chi connectivity index (χ0v) is 17.2. The van der Waals surface area contributed by atoms with Crippen LogP contribution in [0, 0.1) is 13.8 Å². The summed E-state index contributed by atoms with van der Waals surface area (Å²) in [5.74, 6) is 1.66. The molecule has 1 aromatic heterocycles. The number of benzene rings is 1. The van der Waals surface area contributed by atoms with E-state index < -0.39 is 0 Å². The number of piperazine rings is 1. The number of hydrogen-bond donors (Lipinski definition) is 0. The molecule has 6 heteroatoms. The highest BCUT2D eigenvalue weighted by Crippen LogP contribution is 2.33. The number of amides is 1. The smallest absolute Gasteiger partial charge is 0.255 e. The van der Waals surface area contributed by atoms with Crippen LogP contribution < -0.4 is 9.47 Å². The number of aromatic nitrogens is 1. The number of fused-ring (bicyclic) bond motifs is 1. The minimum atomic E-state index is 0.125. The van der Waals surface area contributed by atoms with E-state index in [4.69, 9.17) is 9.47 Å². The van der Waals surface area contributed by atoms with Gasteiger partial charge in [-0.1, -0.05) is 0 Å². The molecule has 0 spiro atoms. The van der Waals surface area contributed by atoms with Crippen LogP contribution in [0.3, 0.4) is 0 Å². The van der Waals surface area contributed by atoms with Crippen molar-refractivity contribution in [3.63, 3.8) is 0 Å². The number of carbonyl (C=O) groups is 1. The van der Waals surface area contributed by atoms with Crippen molar-refractivity contribution >= 4 is 5.91 Å². The van der Waals surface area contributed by atoms with Crippen LogP contribution in [0.1, 0.15) is 35.6 Å². The molecule has 6 nitrogen and oxygen atoms in total. The van der Waals surface area contributed by atoms with Crippen molar-refractivity contribution in [1.29, 1.82) is 0 Å². The molecule has 2 aliphatic rings. The first-order chi connectivity index (χ1) is 13.5. The Morgan fingerprint density at radius 3 is 2.32 bits per heavy atom. The standard InChI is InChI=1S/C22H29N3O3/c1-15(2)23-7-9-24(10-8-23)22(26)19-13-16(3)25(17(19)4)18-5-6-20-21(14-18)28-12-11-27-20/h5-6,13-15H,7-12H2,1-4H3. The highest BCUT2D eigenvalue weighted by molar-refractivity contribution is 5.96. The fraction of sp³-hybridized carbons (Fsp3) is 0.500. The third kappa shape index (κ3) is 3.37. The Morgan fingerprint density at radius 2 is 1.64 bits per heavy atom. The molecule has 28 heavy (non-hydrogen) atoms. The number of nitrogens with zero attached hydrogens (tertiary/aromatic N) is 3. The number of ether oxygens (including phenoxy) is 2. The molecule has 0 radical (unpaired) electrons. The fourth-order valence-electron chi connectivity index (χ4n) is 4.16. The lowest BCUT2D eigenvalue weighted by Gasteiger charge is -2.37. The van der Waals surface area contributed by atoms with Crippen LogP contribution >= 0.6 is 0 Å². The van der Waals surface area contributed by atoms with Crippen LogP contribution in [0.2, 0.25) is 0 Å². The quantitative estimate of drug-likeness (QED) is 0.817. The van der Waals surface area contributed by atoms with E-state index in [1.165, 1.54) is 0 Å². The summed E-state index contributed by atoms with van der Waals surface area (Å²) in [6.45, 7) is 13.0. The molecule has 1 amide bonds. The van der Waals surface area contributed by atoms with Gasteiger partial charge in [-0.05, 0) is 45.9 Å². The number of hydrogen-bond acceptors (Lipinski definition) is 4. The van der Waals surface area contributed by atoms with Gasteiger partial charge in [-0.2, -0.15) is 0 Å². The summed E-state index contributed by atoms with van der Waals surface area (Å²) in [6.07, 6.45) is 0. The Morgan fingerprint density at radius 1 is 0.964 bits per heavy atom. The van der Waals surface area contributed by atoms with E-state index >= 15 is 0 Å². The minimum Gasteiger partial charge on any atom is -0.486 e. The van der Waals surface area contributed by atoms with E-state index in [2.05, 4.69) is 23.3 Å². The summed E-state index contributed by atoms with van der Waals surface area (Å²) < 4.78 is 13.5. The molecule has 1 aromatic carbocycles. The van der Waals surface area contributed by atoms with Crippen molar-refractivity contribution in [1.82, 2.24) is 14.4 Å². The second-order valence-electron chi connectivity index (χ2n) is 7.87. The first-order valence-corrected chi connectivity index (χ1v) is 10.1. The van der Waals surface area contributed by atoms with E-state index in [0.717, 1.165) is 60.3 Å². The highest BCUT2D eigenvalue weighted by Gasteiger charge is 2.26. The van der Waals surface area contributed by atoms with Crippen LogP contribution in [0.4, 0.5) is 0 Å². The molecular formula is C22H29N3O3. The number of rotatable bonds is 3. The fourth-order valence-corrected chi connectivity index (χ4v) is 4.16. The average molecular weight is 383 g/mol. The van der Waals surface area contributed by atoms with Crippen molar-refractivity contribution in [3.05, 3.63) is 41.2 Å². The van der Waals surface area contributed by atoms with Crippen LogP contribution in [0.5, 0.6) is 11.5 Å². The Balaban J connectivity index is 1.59. The topological polar surface area (TPSA) is 46.9 Å². The monoisotopic (exact) mass is 383 g/mol. The van der Waals surface area contributed by atoms with Gasteiger partial charge in [0, 0.05) is 55.4 Å². The third-order valence-electron chi connectivity index (χ3n) is 5.78. The van der Waals surface area contributed by atoms with Gasteiger partial charge in [0.15, 0.2) is 11.5 Å². The number of carbonyl (C=O) groups excluding carboxylic acids is 1. The molecule has 150 valence electrons. The lowest BCUT2D eigenvalue weighted by molar-refractivity contribution is 0.0595. The SMILES string of the molecule is Cc1cc(C(=O)N2CCN(C(C)C)CC2)c(C)n1-c1ccc2c(c1)OCCO2. The third-order valence-corrected chi connectivity index (χ3v) is 5.78. The van der Waals surface area contributed by atoms with E-state index in [1.54, 1.807) is 0 Å². The zero-order valence-electron chi connectivity index (χ0n) is 17.2. The van der Waals surface area contributed by atoms with Crippen molar-refractivity contribution in [2.45, 2.75) is 33.7 Å². The lowest BCUT2D eigenvalue weighted by atomic mass is 10.2. The lowest BCUT2D eigenvalue weighted by Crippen LogP contribution is -2.50. The highest BCUT2D eigenvalue weighted by atomic mass is 16.6. The van der Waals surface area contributed by atoms with E-state index in [-0.39, 0.29) is 5.91 Å². The maximum absolute atomic E-state index is 13.2. The van der Waals surface area contributed by atoms with E-state index in [0.29, 0.717) is 19.3 Å². The second-order valence-corrected chi connectivity index (χ2v) is 7.87. The maximum Gasteiger partial charge on any atom is 0.255 e. The Bertz CT molecular complexity index is 879. The molecule has 2 aliphatic heterocycles. The summed E-state index contributed by atoms with van der Waals surface area (Å²) in [5, 5.41) is 0. The van der Waals surface area contributed by atoms with Crippen molar-refractivity contribution in [2.24, 2.45) is 0 Å². The van der Waals surface area contributed by atoms with Gasteiger partial charge < -0.3 is 18.9 Å². The molecular weight excluding hydrogens is 354 g/mol. The van der Waals surface area contributed by atoms with Gasteiger partial charge in [-0.3, -0.25) is 9.69 Å². The van der Waals surface area contributed by atoms with E-state index in [9.17, 15) is 4.79 Å². The normalized spacial score (nSPS) is 17.2. The Kier molecular flexibility index (Phi) is 5.06. The average Bonchev–Trinajstić information content (AvgIpc) is 3.01. The summed E-state index contributed by atoms with van der Waals surface area (Å²) in [6, 6.07) is 8.48. The van der Waals surface area contributed by atoms with Gasteiger partial charge in [0.1, 0.15) is 13.2 Å². The summed E-state index contributed by atoms with van der Waals surface area (Å²) in [4.78, 5) is 17.6. The van der Waals surface area contributed by atoms with Crippen LogP contribution in [0.15, 0.2) is 24.3 Å². The molecule has 1 fully saturated rings. The van der Waals surface area contributed by atoms with Crippen LogP contribution in [0.25, 0.3) is 5.69 Å². The van der Waals surface area contributed by atoms with Crippen molar-refractivity contribution in [3.8, 4) is 17.2 Å². The molecule has 0 unspecified atom stereocenters. The predicted octanol–water partition coefficient (Wildman–Crippen LogP) is 3.03. The molecule has 0 saturated carbocycles. The molecule has 0 N–H and O–H groups in total. The zero-order chi connectivity index (χ0) is 19.8. The predicted molar refractivity (Wildman–Crippen MR) is 109 cm³/mol. The van der Waals surface area contributed by atoms with Gasteiger partial charge >= 0.3 is 0 Å². The molecule has 0 bridgehead atoms. The summed E-state index contributed by atoms with van der Waals surface area (Å²) in [7, 11) is 0. The summed E-state index contributed by atoms with van der Waals surface area (Å²) in [5.41, 5.74) is 3.78. The van der Waals surface area contributed by atoms with E-state index in [1.807, 2.05) is 43.0 Å². The molecule has 0 aliphatic carbocycles. The van der Waals surface area contributed by atoms with Crippen LogP contribution in [-0.4, -0.2) is 65.7 Å². The summed E-state index contributed by atoms with van der Waals surface area (Å²) >= 11 is 0. The first kappa shape index (κ1) is 18.9. The maximum atomic E-state index is 13.2. The van der Waals surface area contributed by atoms with Gasteiger partial charge in [-0.15, -0.1) is 0 Å². The van der Waals surface area contributed by atoms with Gasteiger partial charge in [0.2, 0.25) is 0 Å². The first-order valence-electron chi connectivity index (χ1n) is 10.1.